The maximum absolute atomic E-state index is 12.0. The Hall–Kier alpha value is -1.07. The van der Waals surface area contributed by atoms with E-state index >= 15 is 0 Å². The zero-order chi connectivity index (χ0) is 14.6. The zero-order valence-corrected chi connectivity index (χ0v) is 13.7. The van der Waals surface area contributed by atoms with Crippen LogP contribution in [-0.4, -0.2) is 23.1 Å². The highest BCUT2D eigenvalue weighted by molar-refractivity contribution is 5.85. The standard InChI is InChI=1S/C14H25N3O2.ClH/c1-6-8(2)13(15)14(18)16-9(3)7-12-10(4)17-19-11(12)5;/h8-9,13H,6-7,15H2,1-5H3,(H,16,18);1H. The van der Waals surface area contributed by atoms with Crippen molar-refractivity contribution in [1.82, 2.24) is 10.5 Å². The summed E-state index contributed by atoms with van der Waals surface area (Å²) in [6, 6.07) is -0.434. The second kappa shape index (κ2) is 8.27. The molecule has 0 saturated heterocycles. The summed E-state index contributed by atoms with van der Waals surface area (Å²) in [6.45, 7) is 9.78. The van der Waals surface area contributed by atoms with Gasteiger partial charge in [-0.2, -0.15) is 0 Å². The minimum Gasteiger partial charge on any atom is -0.361 e. The number of halogens is 1. The number of hydrogen-bond acceptors (Lipinski definition) is 4. The molecule has 0 aliphatic heterocycles. The van der Waals surface area contributed by atoms with Gasteiger partial charge in [-0.25, -0.2) is 0 Å². The molecular formula is C14H26ClN3O2. The number of nitrogens with one attached hydrogen (secondary N) is 1. The molecule has 6 heteroatoms. The highest BCUT2D eigenvalue weighted by Gasteiger charge is 2.21. The number of aromatic nitrogens is 1. The smallest absolute Gasteiger partial charge is 0.237 e. The van der Waals surface area contributed by atoms with Crippen molar-refractivity contribution in [3.8, 4) is 0 Å². The third-order valence-corrected chi connectivity index (χ3v) is 3.64. The lowest BCUT2D eigenvalue weighted by atomic mass is 9.98. The molecule has 3 N–H and O–H groups in total. The molecule has 3 unspecified atom stereocenters. The number of nitrogens with zero attached hydrogens (tertiary/aromatic N) is 1. The van der Waals surface area contributed by atoms with Gasteiger partial charge in [0.05, 0.1) is 11.7 Å². The fraction of sp³-hybridized carbons (Fsp3) is 0.714. The van der Waals surface area contributed by atoms with Crippen LogP contribution >= 0.6 is 12.4 Å². The van der Waals surface area contributed by atoms with Crippen molar-refractivity contribution < 1.29 is 9.32 Å². The first-order chi connectivity index (χ1) is 8.86. The summed E-state index contributed by atoms with van der Waals surface area (Å²) >= 11 is 0. The van der Waals surface area contributed by atoms with Gasteiger partial charge < -0.3 is 15.6 Å². The molecule has 0 saturated carbocycles. The van der Waals surface area contributed by atoms with Gasteiger partial charge in [-0.05, 0) is 33.1 Å². The predicted molar refractivity (Wildman–Crippen MR) is 82.0 cm³/mol. The summed E-state index contributed by atoms with van der Waals surface area (Å²) in [4.78, 5) is 12.0. The van der Waals surface area contributed by atoms with E-state index in [2.05, 4.69) is 10.5 Å². The molecule has 0 fully saturated rings. The van der Waals surface area contributed by atoms with Crippen molar-refractivity contribution >= 4 is 18.3 Å². The lowest BCUT2D eigenvalue weighted by Crippen LogP contribution is -2.48. The van der Waals surface area contributed by atoms with Gasteiger partial charge in [0.25, 0.3) is 0 Å². The Kier molecular flexibility index (Phi) is 7.83. The number of hydrogen-bond donors (Lipinski definition) is 2. The molecule has 1 aromatic rings. The minimum absolute atomic E-state index is 0. The van der Waals surface area contributed by atoms with Crippen LogP contribution in [0.4, 0.5) is 0 Å². The molecule has 116 valence electrons. The SMILES string of the molecule is CCC(C)C(N)C(=O)NC(C)Cc1c(C)noc1C.Cl. The normalized spacial score (nSPS) is 15.1. The molecule has 1 rings (SSSR count). The molecule has 1 aromatic heterocycles. The van der Waals surface area contributed by atoms with Crippen LogP contribution in [0.1, 0.15) is 44.2 Å². The lowest BCUT2D eigenvalue weighted by molar-refractivity contribution is -0.124. The Morgan fingerprint density at radius 3 is 2.45 bits per heavy atom. The van der Waals surface area contributed by atoms with Gasteiger partial charge in [0.1, 0.15) is 5.76 Å². The van der Waals surface area contributed by atoms with E-state index in [9.17, 15) is 4.79 Å². The van der Waals surface area contributed by atoms with Crippen molar-refractivity contribution in [3.05, 3.63) is 17.0 Å². The first-order valence-electron chi connectivity index (χ1n) is 6.84. The van der Waals surface area contributed by atoms with Gasteiger partial charge in [0.2, 0.25) is 5.91 Å². The number of nitrogens with two attached hydrogens (primary N) is 1. The summed E-state index contributed by atoms with van der Waals surface area (Å²) in [5.74, 6) is 0.907. The molecule has 1 amide bonds. The molecule has 0 bridgehead atoms. The summed E-state index contributed by atoms with van der Waals surface area (Å²) in [7, 11) is 0. The van der Waals surface area contributed by atoms with Crippen molar-refractivity contribution in [1.29, 1.82) is 0 Å². The minimum atomic E-state index is -0.447. The van der Waals surface area contributed by atoms with Crippen LogP contribution in [0, 0.1) is 19.8 Å². The quantitative estimate of drug-likeness (QED) is 0.843. The van der Waals surface area contributed by atoms with E-state index < -0.39 is 6.04 Å². The van der Waals surface area contributed by atoms with E-state index in [4.69, 9.17) is 10.3 Å². The molecule has 20 heavy (non-hydrogen) atoms. The molecule has 0 radical (unpaired) electrons. The average Bonchev–Trinajstić information content (AvgIpc) is 2.68. The number of rotatable bonds is 6. The van der Waals surface area contributed by atoms with Crippen molar-refractivity contribution in [2.24, 2.45) is 11.7 Å². The maximum atomic E-state index is 12.0. The van der Waals surface area contributed by atoms with Crippen LogP contribution in [0.2, 0.25) is 0 Å². The van der Waals surface area contributed by atoms with Gasteiger partial charge in [0.15, 0.2) is 0 Å². The molecule has 0 spiro atoms. The summed E-state index contributed by atoms with van der Waals surface area (Å²) in [5.41, 5.74) is 7.85. The fourth-order valence-electron chi connectivity index (χ4n) is 2.00. The van der Waals surface area contributed by atoms with E-state index in [0.717, 1.165) is 23.4 Å². The molecule has 0 aliphatic rings. The lowest BCUT2D eigenvalue weighted by Gasteiger charge is -2.21. The molecule has 1 heterocycles. The topological polar surface area (TPSA) is 81.2 Å². The summed E-state index contributed by atoms with van der Waals surface area (Å²) in [6.07, 6.45) is 1.60. The molecule has 5 nitrogen and oxygen atoms in total. The van der Waals surface area contributed by atoms with Crippen LogP contribution in [0.15, 0.2) is 4.52 Å². The van der Waals surface area contributed by atoms with Crippen LogP contribution in [0.25, 0.3) is 0 Å². The number of carbonyl (C=O) groups is 1. The fourth-order valence-corrected chi connectivity index (χ4v) is 2.00. The Bertz CT molecular complexity index is 415. The number of amides is 1. The van der Waals surface area contributed by atoms with Crippen molar-refractivity contribution in [2.75, 3.05) is 0 Å². The molecule has 3 atom stereocenters. The molecular weight excluding hydrogens is 278 g/mol. The summed E-state index contributed by atoms with van der Waals surface area (Å²) < 4.78 is 5.12. The van der Waals surface area contributed by atoms with Gasteiger partial charge in [-0.15, -0.1) is 12.4 Å². The highest BCUT2D eigenvalue weighted by Crippen LogP contribution is 2.14. The van der Waals surface area contributed by atoms with E-state index in [0.29, 0.717) is 6.42 Å². The highest BCUT2D eigenvalue weighted by atomic mass is 35.5. The predicted octanol–water partition coefficient (Wildman–Crippen LogP) is 2.13. The second-order valence-corrected chi connectivity index (χ2v) is 5.33. The monoisotopic (exact) mass is 303 g/mol. The van der Waals surface area contributed by atoms with Crippen molar-refractivity contribution in [3.63, 3.8) is 0 Å². The third-order valence-electron chi connectivity index (χ3n) is 3.64. The second-order valence-electron chi connectivity index (χ2n) is 5.33. The largest absolute Gasteiger partial charge is 0.361 e. The van der Waals surface area contributed by atoms with E-state index in [1.807, 2.05) is 34.6 Å². The Balaban J connectivity index is 0.00000361. The van der Waals surface area contributed by atoms with Gasteiger partial charge in [0, 0.05) is 11.6 Å². The molecule has 0 aliphatic carbocycles. The average molecular weight is 304 g/mol. The Morgan fingerprint density at radius 1 is 1.40 bits per heavy atom. The van der Waals surface area contributed by atoms with E-state index in [-0.39, 0.29) is 30.3 Å². The van der Waals surface area contributed by atoms with Crippen LogP contribution in [0.5, 0.6) is 0 Å². The van der Waals surface area contributed by atoms with E-state index in [1.165, 1.54) is 0 Å². The van der Waals surface area contributed by atoms with Crippen molar-refractivity contribution in [2.45, 2.75) is 59.5 Å². The Labute approximate surface area is 127 Å². The van der Waals surface area contributed by atoms with Gasteiger partial charge in [-0.3, -0.25) is 4.79 Å². The van der Waals surface area contributed by atoms with Crippen LogP contribution in [0.3, 0.4) is 0 Å². The maximum Gasteiger partial charge on any atom is 0.237 e. The number of aryl methyl sites for hydroxylation is 2. The van der Waals surface area contributed by atoms with Gasteiger partial charge >= 0.3 is 0 Å². The van der Waals surface area contributed by atoms with Crippen LogP contribution < -0.4 is 11.1 Å². The van der Waals surface area contributed by atoms with E-state index in [1.54, 1.807) is 0 Å². The third kappa shape index (κ3) is 4.80. The summed E-state index contributed by atoms with van der Waals surface area (Å²) in [5, 5.41) is 6.87. The first kappa shape index (κ1) is 18.9. The Morgan fingerprint density at radius 2 is 2.00 bits per heavy atom. The van der Waals surface area contributed by atoms with Gasteiger partial charge in [-0.1, -0.05) is 25.4 Å². The zero-order valence-electron chi connectivity index (χ0n) is 12.9. The molecule has 0 aromatic carbocycles. The number of carbonyl (C=O) groups excluding carboxylic acids is 1. The van der Waals surface area contributed by atoms with Crippen LogP contribution in [-0.2, 0) is 11.2 Å². The first-order valence-corrected chi connectivity index (χ1v) is 6.84.